The predicted octanol–water partition coefficient (Wildman–Crippen LogP) is 3.97. The molecular weight excluding hydrogens is 352 g/mol. The van der Waals surface area contributed by atoms with E-state index < -0.39 is 0 Å². The van der Waals surface area contributed by atoms with E-state index in [2.05, 4.69) is 55.7 Å². The molecule has 2 aromatic rings. The Morgan fingerprint density at radius 2 is 1.75 bits per heavy atom. The lowest BCUT2D eigenvalue weighted by atomic mass is 9.94. The van der Waals surface area contributed by atoms with Crippen LogP contribution >= 0.6 is 0 Å². The zero-order valence-electron chi connectivity index (χ0n) is 17.0. The first kappa shape index (κ1) is 20.2. The van der Waals surface area contributed by atoms with Crippen molar-refractivity contribution in [1.29, 1.82) is 0 Å². The highest BCUT2D eigenvalue weighted by Crippen LogP contribution is 2.32. The van der Waals surface area contributed by atoms with E-state index in [1.165, 1.54) is 11.1 Å². The molecule has 5 heteroatoms. The van der Waals surface area contributed by atoms with Crippen molar-refractivity contribution in [3.63, 3.8) is 0 Å². The van der Waals surface area contributed by atoms with Crippen molar-refractivity contribution in [3.8, 4) is 11.5 Å². The van der Waals surface area contributed by atoms with Crippen LogP contribution in [0, 0.1) is 5.92 Å². The average molecular weight is 383 g/mol. The van der Waals surface area contributed by atoms with Gasteiger partial charge < -0.3 is 20.1 Å². The molecule has 0 fully saturated rings. The van der Waals surface area contributed by atoms with Gasteiger partial charge in [-0.25, -0.2) is 0 Å². The average Bonchev–Trinajstić information content (AvgIpc) is 3.15. The molecule has 0 aliphatic carbocycles. The van der Waals surface area contributed by atoms with E-state index in [1.807, 2.05) is 18.2 Å². The minimum atomic E-state index is -0.0223. The highest BCUT2D eigenvalue weighted by atomic mass is 16.7. The molecule has 0 radical (unpaired) electrons. The largest absolute Gasteiger partial charge is 0.454 e. The lowest BCUT2D eigenvalue weighted by molar-refractivity contribution is -0.120. The second kappa shape index (κ2) is 9.60. The van der Waals surface area contributed by atoms with Gasteiger partial charge in [-0.05, 0) is 41.2 Å². The highest BCUT2D eigenvalue weighted by Gasteiger charge is 2.17. The van der Waals surface area contributed by atoms with Crippen LogP contribution in [-0.4, -0.2) is 19.2 Å². The second-order valence-corrected chi connectivity index (χ2v) is 7.56. The quantitative estimate of drug-likeness (QED) is 0.689. The Balaban J connectivity index is 1.51. The normalized spacial score (nSPS) is 13.6. The molecule has 2 aromatic carbocycles. The summed E-state index contributed by atoms with van der Waals surface area (Å²) in [6.45, 7) is 7.53. The molecule has 1 aliphatic rings. The lowest BCUT2D eigenvalue weighted by Gasteiger charge is -2.23. The Morgan fingerprint density at radius 1 is 1.04 bits per heavy atom. The molecule has 1 amide bonds. The van der Waals surface area contributed by atoms with Gasteiger partial charge in [-0.1, -0.05) is 57.5 Å². The van der Waals surface area contributed by atoms with Crippen LogP contribution in [0.4, 0.5) is 0 Å². The molecule has 150 valence electrons. The molecule has 2 N–H and O–H groups in total. The Kier molecular flexibility index (Phi) is 6.93. The van der Waals surface area contributed by atoms with Crippen molar-refractivity contribution in [2.75, 3.05) is 13.3 Å². The van der Waals surface area contributed by atoms with Crippen LogP contribution in [0.15, 0.2) is 42.5 Å². The minimum Gasteiger partial charge on any atom is -0.454 e. The maximum absolute atomic E-state index is 12.3. The summed E-state index contributed by atoms with van der Waals surface area (Å²) in [5.41, 5.74) is 3.57. The monoisotopic (exact) mass is 382 g/mol. The lowest BCUT2D eigenvalue weighted by Crippen LogP contribution is -2.37. The van der Waals surface area contributed by atoms with E-state index in [0.717, 1.165) is 29.9 Å². The molecule has 0 aromatic heterocycles. The molecule has 1 atom stereocenters. The van der Waals surface area contributed by atoms with Crippen LogP contribution in [0.1, 0.15) is 49.9 Å². The highest BCUT2D eigenvalue weighted by molar-refractivity contribution is 5.78. The third-order valence-electron chi connectivity index (χ3n) is 4.95. The van der Waals surface area contributed by atoms with E-state index in [4.69, 9.17) is 9.47 Å². The molecule has 0 saturated carbocycles. The van der Waals surface area contributed by atoms with Crippen molar-refractivity contribution in [2.24, 2.45) is 5.92 Å². The minimum absolute atomic E-state index is 0.0223. The first-order valence-corrected chi connectivity index (χ1v) is 10.0. The Bertz CT molecular complexity index is 787. The van der Waals surface area contributed by atoms with Gasteiger partial charge in [-0.15, -0.1) is 0 Å². The van der Waals surface area contributed by atoms with E-state index >= 15 is 0 Å². The third-order valence-corrected chi connectivity index (χ3v) is 4.95. The summed E-state index contributed by atoms with van der Waals surface area (Å²) in [6.07, 6.45) is 2.25. The molecule has 0 bridgehead atoms. The van der Waals surface area contributed by atoms with Crippen LogP contribution < -0.4 is 20.1 Å². The van der Waals surface area contributed by atoms with Gasteiger partial charge >= 0.3 is 0 Å². The maximum atomic E-state index is 12.3. The molecule has 0 saturated heterocycles. The number of rotatable bonds is 9. The van der Waals surface area contributed by atoms with Crippen molar-refractivity contribution in [3.05, 3.63) is 59.2 Å². The topological polar surface area (TPSA) is 59.6 Å². The van der Waals surface area contributed by atoms with Gasteiger partial charge in [0.1, 0.15) is 0 Å². The number of hydrogen-bond acceptors (Lipinski definition) is 4. The Morgan fingerprint density at radius 3 is 2.46 bits per heavy atom. The first-order chi connectivity index (χ1) is 13.6. The SMILES string of the molecule is CCCc1ccc([C@@H](NCC(=O)NCc2ccc3c(c2)OCO3)C(C)C)cc1. The number of carbonyl (C=O) groups excluding carboxylic acids is 1. The van der Waals surface area contributed by atoms with Crippen molar-refractivity contribution >= 4 is 5.91 Å². The van der Waals surface area contributed by atoms with Gasteiger partial charge in [0.15, 0.2) is 11.5 Å². The number of benzene rings is 2. The van der Waals surface area contributed by atoms with Crippen LogP contribution in [0.5, 0.6) is 11.5 Å². The van der Waals surface area contributed by atoms with Crippen molar-refractivity contribution < 1.29 is 14.3 Å². The number of aryl methyl sites for hydroxylation is 1. The zero-order chi connectivity index (χ0) is 19.9. The van der Waals surface area contributed by atoms with Gasteiger partial charge in [0.2, 0.25) is 12.7 Å². The van der Waals surface area contributed by atoms with Gasteiger partial charge in [-0.3, -0.25) is 4.79 Å². The number of carbonyl (C=O) groups is 1. The van der Waals surface area contributed by atoms with Gasteiger partial charge in [0.05, 0.1) is 6.54 Å². The Hall–Kier alpha value is -2.53. The smallest absolute Gasteiger partial charge is 0.234 e. The zero-order valence-corrected chi connectivity index (χ0v) is 17.0. The summed E-state index contributed by atoms with van der Waals surface area (Å²) in [5, 5.41) is 6.37. The van der Waals surface area contributed by atoms with Crippen LogP contribution in [0.3, 0.4) is 0 Å². The molecule has 1 aliphatic heterocycles. The van der Waals surface area contributed by atoms with E-state index in [0.29, 0.717) is 12.5 Å². The van der Waals surface area contributed by atoms with Gasteiger partial charge in [0, 0.05) is 12.6 Å². The summed E-state index contributed by atoms with van der Waals surface area (Å²) >= 11 is 0. The summed E-state index contributed by atoms with van der Waals surface area (Å²) in [6, 6.07) is 14.6. The predicted molar refractivity (Wildman–Crippen MR) is 110 cm³/mol. The fourth-order valence-corrected chi connectivity index (χ4v) is 3.44. The summed E-state index contributed by atoms with van der Waals surface area (Å²) in [5.74, 6) is 1.85. The number of ether oxygens (including phenoxy) is 2. The summed E-state index contributed by atoms with van der Waals surface area (Å²) in [4.78, 5) is 12.3. The Labute approximate surface area is 167 Å². The maximum Gasteiger partial charge on any atom is 0.234 e. The third kappa shape index (κ3) is 5.26. The molecule has 28 heavy (non-hydrogen) atoms. The van der Waals surface area contributed by atoms with Crippen LogP contribution in [0.25, 0.3) is 0 Å². The summed E-state index contributed by atoms with van der Waals surface area (Å²) in [7, 11) is 0. The molecule has 1 heterocycles. The van der Waals surface area contributed by atoms with E-state index in [1.54, 1.807) is 0 Å². The van der Waals surface area contributed by atoms with E-state index in [-0.39, 0.29) is 25.3 Å². The number of amides is 1. The number of nitrogens with one attached hydrogen (secondary N) is 2. The second-order valence-electron chi connectivity index (χ2n) is 7.56. The fraction of sp³-hybridized carbons (Fsp3) is 0.435. The molecule has 0 spiro atoms. The van der Waals surface area contributed by atoms with E-state index in [9.17, 15) is 4.79 Å². The van der Waals surface area contributed by atoms with Gasteiger partial charge in [0.25, 0.3) is 0 Å². The molecule has 5 nitrogen and oxygen atoms in total. The fourth-order valence-electron chi connectivity index (χ4n) is 3.44. The van der Waals surface area contributed by atoms with Crippen LogP contribution in [0.2, 0.25) is 0 Å². The van der Waals surface area contributed by atoms with Crippen molar-refractivity contribution in [2.45, 2.75) is 46.2 Å². The number of fused-ring (bicyclic) bond motifs is 1. The summed E-state index contributed by atoms with van der Waals surface area (Å²) < 4.78 is 10.7. The number of hydrogen-bond donors (Lipinski definition) is 2. The first-order valence-electron chi connectivity index (χ1n) is 10.0. The van der Waals surface area contributed by atoms with Gasteiger partial charge in [-0.2, -0.15) is 0 Å². The standard InChI is InChI=1S/C23H30N2O3/c1-4-5-17-6-9-19(10-7-17)23(16(2)3)25-14-22(26)24-13-18-8-11-20-21(12-18)28-15-27-20/h6-12,16,23,25H,4-5,13-15H2,1-3H3,(H,24,26)/t23-/m0/s1. The molecule has 0 unspecified atom stereocenters. The molecule has 3 rings (SSSR count). The molecular formula is C23H30N2O3. The van der Waals surface area contributed by atoms with Crippen molar-refractivity contribution in [1.82, 2.24) is 10.6 Å². The van der Waals surface area contributed by atoms with Crippen LogP contribution in [-0.2, 0) is 17.8 Å².